The number of hydrogen-bond donors (Lipinski definition) is 2. The van der Waals surface area contributed by atoms with E-state index in [9.17, 15) is 9.59 Å². The molecular weight excluding hydrogens is 248 g/mol. The third kappa shape index (κ3) is 5.13. The van der Waals surface area contributed by atoms with Gasteiger partial charge in [-0.25, -0.2) is 4.98 Å². The zero-order valence-electron chi connectivity index (χ0n) is 8.73. The van der Waals surface area contributed by atoms with Crippen LogP contribution in [0.15, 0.2) is 9.72 Å². The molecule has 0 fully saturated rings. The highest BCUT2D eigenvalue weighted by atomic mass is 32.2. The summed E-state index contributed by atoms with van der Waals surface area (Å²) in [6.45, 7) is 2.06. The van der Waals surface area contributed by atoms with Crippen LogP contribution in [0.2, 0.25) is 0 Å². The van der Waals surface area contributed by atoms with Crippen molar-refractivity contribution in [3.8, 4) is 0 Å². The van der Waals surface area contributed by atoms with Gasteiger partial charge in [-0.3, -0.25) is 9.59 Å². The number of nitrogens with zero attached hydrogens (tertiary/aromatic N) is 1. The Labute approximate surface area is 101 Å². The lowest BCUT2D eigenvalue weighted by Crippen LogP contribution is -2.22. The van der Waals surface area contributed by atoms with Crippen LogP contribution in [-0.4, -0.2) is 34.3 Å². The Kier molecular flexibility index (Phi) is 5.27. The van der Waals surface area contributed by atoms with Gasteiger partial charge in [0.2, 0.25) is 5.91 Å². The fourth-order valence-electron chi connectivity index (χ4n) is 0.956. The molecule has 1 rings (SSSR count). The molecule has 0 aliphatic rings. The fraction of sp³-hybridized carbons (Fsp3) is 0.444. The first-order valence-corrected chi connectivity index (χ1v) is 6.48. The lowest BCUT2D eigenvalue weighted by molar-refractivity contribution is -0.136. The summed E-state index contributed by atoms with van der Waals surface area (Å²) in [5.41, 5.74) is 0.583. The smallest absolute Gasteiger partial charge is 0.309 e. The van der Waals surface area contributed by atoms with Crippen LogP contribution in [0.4, 0.5) is 0 Å². The number of aliphatic carboxylic acids is 1. The van der Waals surface area contributed by atoms with Gasteiger partial charge in [-0.1, -0.05) is 11.8 Å². The van der Waals surface area contributed by atoms with E-state index in [4.69, 9.17) is 5.11 Å². The maximum atomic E-state index is 10.6. The van der Waals surface area contributed by atoms with Crippen molar-refractivity contribution in [2.24, 2.45) is 0 Å². The van der Waals surface area contributed by atoms with E-state index in [1.165, 1.54) is 30.0 Å². The molecule has 1 aromatic heterocycles. The molecule has 0 saturated carbocycles. The van der Waals surface area contributed by atoms with Crippen molar-refractivity contribution in [2.75, 3.05) is 12.3 Å². The molecule has 0 spiro atoms. The molecule has 88 valence electrons. The molecule has 0 saturated heterocycles. The monoisotopic (exact) mass is 260 g/mol. The molecular formula is C9H12N2O3S2. The number of hydrogen-bond acceptors (Lipinski definition) is 5. The average Bonchev–Trinajstić information content (AvgIpc) is 2.59. The number of carboxylic acid groups (broad SMARTS) is 1. The van der Waals surface area contributed by atoms with Crippen molar-refractivity contribution in [3.05, 3.63) is 11.1 Å². The minimum atomic E-state index is -0.875. The number of thioether (sulfide) groups is 1. The topological polar surface area (TPSA) is 79.3 Å². The highest BCUT2D eigenvalue weighted by Gasteiger charge is 2.06. The lowest BCUT2D eigenvalue weighted by Gasteiger charge is -1.98. The minimum absolute atomic E-state index is 0.0389. The van der Waals surface area contributed by atoms with E-state index in [0.29, 0.717) is 12.2 Å². The van der Waals surface area contributed by atoms with E-state index in [1.807, 2.05) is 0 Å². The van der Waals surface area contributed by atoms with Crippen LogP contribution in [0.1, 0.15) is 12.6 Å². The summed E-state index contributed by atoms with van der Waals surface area (Å²) in [4.78, 5) is 25.2. The molecule has 0 unspecified atom stereocenters. The second kappa shape index (κ2) is 6.49. The minimum Gasteiger partial charge on any atom is -0.481 e. The van der Waals surface area contributed by atoms with Gasteiger partial charge in [0.15, 0.2) is 0 Å². The number of nitrogens with one attached hydrogen (secondary N) is 1. The van der Waals surface area contributed by atoms with Gasteiger partial charge >= 0.3 is 5.97 Å². The normalized spacial score (nSPS) is 10.1. The number of carbonyl (C=O) groups is 2. The van der Waals surface area contributed by atoms with Gasteiger partial charge in [0, 0.05) is 24.6 Å². The molecule has 0 aliphatic carbocycles. The van der Waals surface area contributed by atoms with Gasteiger partial charge in [0.25, 0.3) is 0 Å². The number of rotatable bonds is 6. The van der Waals surface area contributed by atoms with Crippen molar-refractivity contribution in [1.29, 1.82) is 0 Å². The third-order valence-corrected chi connectivity index (χ3v) is 3.64. The van der Waals surface area contributed by atoms with E-state index in [0.717, 1.165) is 10.1 Å². The van der Waals surface area contributed by atoms with Gasteiger partial charge < -0.3 is 10.4 Å². The molecule has 7 heteroatoms. The van der Waals surface area contributed by atoms with E-state index in [2.05, 4.69) is 10.3 Å². The number of thiazole rings is 1. The van der Waals surface area contributed by atoms with Crippen molar-refractivity contribution >= 4 is 35.0 Å². The van der Waals surface area contributed by atoms with Gasteiger partial charge in [0.1, 0.15) is 4.34 Å². The highest BCUT2D eigenvalue weighted by molar-refractivity contribution is 8.01. The Morgan fingerprint density at radius 1 is 1.62 bits per heavy atom. The van der Waals surface area contributed by atoms with E-state index in [-0.39, 0.29) is 12.3 Å². The molecule has 0 atom stereocenters. The summed E-state index contributed by atoms with van der Waals surface area (Å²) < 4.78 is 0.835. The fourth-order valence-corrected chi connectivity index (χ4v) is 2.73. The first kappa shape index (κ1) is 13.0. The van der Waals surface area contributed by atoms with Gasteiger partial charge in [-0.05, 0) is 0 Å². The Morgan fingerprint density at radius 3 is 3.00 bits per heavy atom. The number of carbonyl (C=O) groups excluding carboxylic acids is 1. The summed E-state index contributed by atoms with van der Waals surface area (Å²) in [6.07, 6.45) is -0.0389. The molecule has 0 aromatic carbocycles. The maximum absolute atomic E-state index is 10.6. The molecule has 16 heavy (non-hydrogen) atoms. The standard InChI is InChI=1S/C9H12N2O3S2/c1-6(12)10-2-3-15-9-11-7(5-16-9)4-8(13)14/h5H,2-4H2,1H3,(H,10,12)(H,13,14). The second-order valence-electron chi connectivity index (χ2n) is 3.01. The summed E-state index contributed by atoms with van der Waals surface area (Å²) in [5, 5.41) is 13.0. The van der Waals surface area contributed by atoms with Crippen molar-refractivity contribution in [2.45, 2.75) is 17.7 Å². The Morgan fingerprint density at radius 2 is 2.38 bits per heavy atom. The maximum Gasteiger partial charge on any atom is 0.309 e. The lowest BCUT2D eigenvalue weighted by atomic mass is 10.3. The number of amides is 1. The molecule has 1 heterocycles. The van der Waals surface area contributed by atoms with Crippen molar-refractivity contribution in [3.63, 3.8) is 0 Å². The van der Waals surface area contributed by atoms with Crippen LogP contribution >= 0.6 is 23.1 Å². The van der Waals surface area contributed by atoms with Crippen LogP contribution in [0.3, 0.4) is 0 Å². The number of aromatic nitrogens is 1. The molecule has 0 radical (unpaired) electrons. The number of carboxylic acids is 1. The summed E-state index contributed by atoms with van der Waals surface area (Å²) in [5.74, 6) is -0.189. The van der Waals surface area contributed by atoms with Gasteiger partial charge in [-0.2, -0.15) is 0 Å². The van der Waals surface area contributed by atoms with Crippen LogP contribution in [0.25, 0.3) is 0 Å². The van der Waals surface area contributed by atoms with Crippen molar-refractivity contribution in [1.82, 2.24) is 10.3 Å². The largest absolute Gasteiger partial charge is 0.481 e. The van der Waals surface area contributed by atoms with E-state index >= 15 is 0 Å². The Hall–Kier alpha value is -1.08. The zero-order chi connectivity index (χ0) is 12.0. The Balaban J connectivity index is 2.29. The molecule has 1 aromatic rings. The van der Waals surface area contributed by atoms with Crippen LogP contribution in [0, 0.1) is 0 Å². The first-order valence-electron chi connectivity index (χ1n) is 4.61. The van der Waals surface area contributed by atoms with Crippen LogP contribution in [-0.2, 0) is 16.0 Å². The first-order chi connectivity index (χ1) is 7.58. The zero-order valence-corrected chi connectivity index (χ0v) is 10.4. The summed E-state index contributed by atoms with van der Waals surface area (Å²) in [7, 11) is 0. The molecule has 1 amide bonds. The van der Waals surface area contributed by atoms with E-state index < -0.39 is 5.97 Å². The summed E-state index contributed by atoms with van der Waals surface area (Å²) in [6, 6.07) is 0. The molecule has 0 aliphatic heterocycles. The quantitative estimate of drug-likeness (QED) is 0.589. The Bertz CT molecular complexity index is 379. The predicted octanol–water partition coefficient (Wildman–Crippen LogP) is 0.998. The molecule has 2 N–H and O–H groups in total. The average molecular weight is 260 g/mol. The van der Waals surface area contributed by atoms with Crippen LogP contribution < -0.4 is 5.32 Å². The van der Waals surface area contributed by atoms with Crippen molar-refractivity contribution < 1.29 is 14.7 Å². The molecule has 0 bridgehead atoms. The van der Waals surface area contributed by atoms with Gasteiger partial charge in [0.05, 0.1) is 12.1 Å². The summed E-state index contributed by atoms with van der Waals surface area (Å²) >= 11 is 2.94. The predicted molar refractivity (Wildman–Crippen MR) is 62.9 cm³/mol. The molecule has 5 nitrogen and oxygen atoms in total. The SMILES string of the molecule is CC(=O)NCCSc1nc(CC(=O)O)cs1. The second-order valence-corrected chi connectivity index (χ2v) is 5.21. The van der Waals surface area contributed by atoms with Crippen LogP contribution in [0.5, 0.6) is 0 Å². The van der Waals surface area contributed by atoms with E-state index in [1.54, 1.807) is 5.38 Å². The highest BCUT2D eigenvalue weighted by Crippen LogP contribution is 2.22. The van der Waals surface area contributed by atoms with Gasteiger partial charge in [-0.15, -0.1) is 11.3 Å². The third-order valence-electron chi connectivity index (χ3n) is 1.56.